The third-order valence-electron chi connectivity index (χ3n) is 5.46. The Morgan fingerprint density at radius 1 is 1.21 bits per heavy atom. The smallest absolute Gasteiger partial charge is 0.194 e. The molecule has 1 aliphatic heterocycles. The Hall–Kier alpha value is -0.803. The molecule has 2 rings (SSSR count). The fraction of sp³-hybridized carbons (Fsp3) is 0.632. The van der Waals surface area contributed by atoms with Gasteiger partial charge in [-0.25, -0.2) is 0 Å². The van der Waals surface area contributed by atoms with Gasteiger partial charge in [-0.15, -0.1) is 11.8 Å². The zero-order valence-electron chi connectivity index (χ0n) is 16.1. The van der Waals surface area contributed by atoms with Gasteiger partial charge >= 0.3 is 0 Å². The van der Waals surface area contributed by atoms with Gasteiger partial charge in [-0.1, -0.05) is 32.9 Å². The molecule has 1 aliphatic rings. The molecule has 2 atom stereocenters. The molecule has 1 heterocycles. The standard InChI is InChI=1S/C19H29NO2SSi/c1-17(2,3)24(7,8)22-19(23-6)16(21-18(19,4)5)15-11-9-14(13-20)10-12-15/h9-12,16H,1-8H3/t16-,19-/m1/s1. The minimum Gasteiger partial charge on any atom is -0.398 e. The van der Waals surface area contributed by atoms with Gasteiger partial charge in [0.15, 0.2) is 13.3 Å². The first-order chi connectivity index (χ1) is 10.9. The monoisotopic (exact) mass is 363 g/mol. The van der Waals surface area contributed by atoms with Crippen LogP contribution in [0.5, 0.6) is 0 Å². The summed E-state index contributed by atoms with van der Waals surface area (Å²) in [6, 6.07) is 9.83. The third-order valence-corrected chi connectivity index (χ3v) is 11.4. The maximum Gasteiger partial charge on any atom is 0.194 e. The molecular weight excluding hydrogens is 334 g/mol. The highest BCUT2D eigenvalue weighted by Crippen LogP contribution is 2.61. The normalized spacial score (nSPS) is 26.5. The van der Waals surface area contributed by atoms with Gasteiger partial charge in [0.1, 0.15) is 11.7 Å². The first-order valence-corrected chi connectivity index (χ1v) is 12.5. The van der Waals surface area contributed by atoms with Gasteiger partial charge in [0.25, 0.3) is 0 Å². The fourth-order valence-electron chi connectivity index (χ4n) is 2.83. The Balaban J connectivity index is 2.41. The van der Waals surface area contributed by atoms with E-state index in [1.165, 1.54) is 0 Å². The molecule has 132 valence electrons. The summed E-state index contributed by atoms with van der Waals surface area (Å²) in [6.07, 6.45) is 1.98. The molecule has 5 heteroatoms. The molecule has 0 aromatic heterocycles. The van der Waals surface area contributed by atoms with E-state index in [-0.39, 0.29) is 16.7 Å². The number of hydrogen-bond acceptors (Lipinski definition) is 4. The molecule has 3 nitrogen and oxygen atoms in total. The Labute approximate surface area is 151 Å². The Morgan fingerprint density at radius 3 is 2.12 bits per heavy atom. The van der Waals surface area contributed by atoms with Crippen LogP contribution in [-0.4, -0.2) is 25.1 Å². The summed E-state index contributed by atoms with van der Waals surface area (Å²) in [6.45, 7) is 15.6. The van der Waals surface area contributed by atoms with E-state index in [1.54, 1.807) is 11.8 Å². The first kappa shape index (κ1) is 19.5. The van der Waals surface area contributed by atoms with Crippen LogP contribution in [0.1, 0.15) is 51.8 Å². The summed E-state index contributed by atoms with van der Waals surface area (Å²) >= 11 is 1.74. The lowest BCUT2D eigenvalue weighted by Gasteiger charge is -2.63. The van der Waals surface area contributed by atoms with Gasteiger partial charge in [0.2, 0.25) is 0 Å². The molecule has 0 unspecified atom stereocenters. The largest absolute Gasteiger partial charge is 0.398 e. The first-order valence-electron chi connectivity index (χ1n) is 8.33. The molecule has 1 fully saturated rings. The van der Waals surface area contributed by atoms with Crippen molar-refractivity contribution in [2.45, 2.75) is 69.4 Å². The minimum atomic E-state index is -1.97. The van der Waals surface area contributed by atoms with Crippen molar-refractivity contribution in [3.05, 3.63) is 35.4 Å². The highest BCUT2D eigenvalue weighted by molar-refractivity contribution is 8.00. The van der Waals surface area contributed by atoms with Crippen LogP contribution < -0.4 is 0 Å². The number of ether oxygens (including phenoxy) is 1. The van der Waals surface area contributed by atoms with Crippen LogP contribution >= 0.6 is 11.8 Å². The predicted molar refractivity (Wildman–Crippen MR) is 104 cm³/mol. The van der Waals surface area contributed by atoms with E-state index in [4.69, 9.17) is 14.4 Å². The van der Waals surface area contributed by atoms with Gasteiger partial charge in [-0.2, -0.15) is 5.26 Å². The summed E-state index contributed by atoms with van der Waals surface area (Å²) < 4.78 is 13.2. The second-order valence-corrected chi connectivity index (χ2v) is 14.2. The topological polar surface area (TPSA) is 42.2 Å². The molecule has 0 N–H and O–H groups in total. The Kier molecular flexibility index (Phi) is 5.02. The zero-order chi connectivity index (χ0) is 18.4. The van der Waals surface area contributed by atoms with Crippen LogP contribution in [0.25, 0.3) is 0 Å². The van der Waals surface area contributed by atoms with Crippen molar-refractivity contribution in [2.24, 2.45) is 0 Å². The van der Waals surface area contributed by atoms with Crippen molar-refractivity contribution in [3.8, 4) is 6.07 Å². The van der Waals surface area contributed by atoms with Crippen molar-refractivity contribution in [3.63, 3.8) is 0 Å². The summed E-state index contributed by atoms with van der Waals surface area (Å²) in [5, 5.41) is 9.14. The summed E-state index contributed by atoms with van der Waals surface area (Å²) in [4.78, 5) is -0.413. The van der Waals surface area contributed by atoms with Crippen molar-refractivity contribution >= 4 is 20.1 Å². The molecule has 0 spiro atoms. The van der Waals surface area contributed by atoms with Crippen molar-refractivity contribution in [1.29, 1.82) is 5.26 Å². The van der Waals surface area contributed by atoms with Gasteiger partial charge in [0.05, 0.1) is 11.6 Å². The molecule has 1 aromatic rings. The van der Waals surface area contributed by atoms with E-state index in [1.807, 2.05) is 24.3 Å². The van der Waals surface area contributed by atoms with Crippen LogP contribution in [0.3, 0.4) is 0 Å². The maximum absolute atomic E-state index is 9.01. The Bertz CT molecular complexity index is 643. The quantitative estimate of drug-likeness (QED) is 0.524. The average Bonchev–Trinajstić information content (AvgIpc) is 2.49. The van der Waals surface area contributed by atoms with E-state index in [0.29, 0.717) is 5.56 Å². The van der Waals surface area contributed by atoms with Gasteiger partial charge < -0.3 is 9.16 Å². The highest BCUT2D eigenvalue weighted by Gasteiger charge is 2.66. The lowest BCUT2D eigenvalue weighted by atomic mass is 9.84. The van der Waals surface area contributed by atoms with Crippen molar-refractivity contribution < 1.29 is 9.16 Å². The van der Waals surface area contributed by atoms with Crippen LogP contribution in [0.2, 0.25) is 18.1 Å². The molecule has 0 bridgehead atoms. The summed E-state index contributed by atoms with van der Waals surface area (Å²) in [5.41, 5.74) is 1.37. The number of thioether (sulfide) groups is 1. The van der Waals surface area contributed by atoms with Crippen LogP contribution in [0.15, 0.2) is 24.3 Å². The summed E-state index contributed by atoms with van der Waals surface area (Å²) in [7, 11) is -1.97. The fourth-order valence-corrected chi connectivity index (χ4v) is 6.15. The van der Waals surface area contributed by atoms with E-state index < -0.39 is 13.3 Å². The van der Waals surface area contributed by atoms with Crippen LogP contribution in [0.4, 0.5) is 0 Å². The number of nitriles is 1. The maximum atomic E-state index is 9.01. The second kappa shape index (κ2) is 6.17. The van der Waals surface area contributed by atoms with Crippen LogP contribution in [-0.2, 0) is 9.16 Å². The summed E-state index contributed by atoms with van der Waals surface area (Å²) in [5.74, 6) is 0. The zero-order valence-corrected chi connectivity index (χ0v) is 17.9. The molecule has 0 aliphatic carbocycles. The predicted octanol–water partition coefficient (Wildman–Crippen LogP) is 5.49. The van der Waals surface area contributed by atoms with E-state index in [9.17, 15) is 0 Å². The average molecular weight is 364 g/mol. The minimum absolute atomic E-state index is 0.121. The molecule has 0 saturated carbocycles. The second-order valence-electron chi connectivity index (χ2n) is 8.48. The van der Waals surface area contributed by atoms with E-state index in [2.05, 4.69) is 60.0 Å². The number of benzene rings is 1. The molecule has 0 radical (unpaired) electrons. The molecule has 1 saturated heterocycles. The molecule has 24 heavy (non-hydrogen) atoms. The van der Waals surface area contributed by atoms with Gasteiger partial charge in [-0.05, 0) is 55.9 Å². The van der Waals surface area contributed by atoms with E-state index in [0.717, 1.165) is 5.56 Å². The molecular formula is C19H29NO2SSi. The van der Waals surface area contributed by atoms with E-state index >= 15 is 0 Å². The molecule has 0 amide bonds. The third kappa shape index (κ3) is 3.06. The number of nitrogens with zero attached hydrogens (tertiary/aromatic N) is 1. The highest BCUT2D eigenvalue weighted by atomic mass is 32.2. The number of rotatable bonds is 4. The number of hydrogen-bond donors (Lipinski definition) is 0. The van der Waals surface area contributed by atoms with Crippen LogP contribution in [0, 0.1) is 11.3 Å². The molecule has 1 aromatic carbocycles. The SMILES string of the molecule is CS[C@]1(O[Si](C)(C)C(C)(C)C)[C@@H](c2ccc(C#N)cc2)OC1(C)C. The lowest BCUT2D eigenvalue weighted by molar-refractivity contribution is -0.290. The lowest BCUT2D eigenvalue weighted by Crippen LogP contribution is -2.69. The van der Waals surface area contributed by atoms with Crippen molar-refractivity contribution in [1.82, 2.24) is 0 Å². The van der Waals surface area contributed by atoms with Crippen molar-refractivity contribution in [2.75, 3.05) is 6.26 Å². The van der Waals surface area contributed by atoms with Gasteiger partial charge in [0, 0.05) is 0 Å². The van der Waals surface area contributed by atoms with Gasteiger partial charge in [-0.3, -0.25) is 0 Å². The Morgan fingerprint density at radius 2 is 1.75 bits per heavy atom.